The molecular weight excluding hydrogens is 535 g/mol. The van der Waals surface area contributed by atoms with Gasteiger partial charge in [0, 0.05) is 29.5 Å². The van der Waals surface area contributed by atoms with E-state index in [1.54, 1.807) is 12.1 Å². The summed E-state index contributed by atoms with van der Waals surface area (Å²) in [5.41, 5.74) is 1.46. The van der Waals surface area contributed by atoms with Crippen molar-refractivity contribution in [3.8, 4) is 0 Å². The lowest BCUT2D eigenvalue weighted by Gasteiger charge is -2.17. The molecule has 1 aromatic heterocycles. The topological polar surface area (TPSA) is 78.7 Å². The molecule has 1 aromatic carbocycles. The molecule has 1 heterocycles. The van der Waals surface area contributed by atoms with Crippen LogP contribution < -0.4 is 16.0 Å². The molecule has 2 aromatic rings. The first kappa shape index (κ1) is 22.7. The quantitative estimate of drug-likeness (QED) is 0.199. The molecule has 0 aliphatic heterocycles. The highest BCUT2D eigenvalue weighted by atomic mass is 127. The van der Waals surface area contributed by atoms with Crippen molar-refractivity contribution in [2.45, 2.75) is 25.2 Å². The number of hydrogen-bond donors (Lipinski definition) is 3. The molecule has 3 N–H and O–H groups in total. The fourth-order valence-electron chi connectivity index (χ4n) is 2.98. The van der Waals surface area contributed by atoms with Crippen LogP contribution in [0.4, 0.5) is 0 Å². The molecule has 0 saturated heterocycles. The Labute approximate surface area is 191 Å². The van der Waals surface area contributed by atoms with Crippen molar-refractivity contribution >= 4 is 51.8 Å². The van der Waals surface area contributed by atoms with Gasteiger partial charge in [-0.2, -0.15) is 0 Å². The lowest BCUT2D eigenvalue weighted by molar-refractivity contribution is 0.0926. The number of benzene rings is 1. The van der Waals surface area contributed by atoms with E-state index >= 15 is 0 Å². The van der Waals surface area contributed by atoms with Gasteiger partial charge in [-0.25, -0.2) is 0 Å². The van der Waals surface area contributed by atoms with Crippen LogP contribution in [0.3, 0.4) is 0 Å². The van der Waals surface area contributed by atoms with Gasteiger partial charge in [0.1, 0.15) is 0 Å². The number of furan rings is 1. The number of halogens is 2. The van der Waals surface area contributed by atoms with Gasteiger partial charge >= 0.3 is 0 Å². The number of aliphatic imine (C=N–C) groups is 1. The highest BCUT2D eigenvalue weighted by Gasteiger charge is 2.45. The molecule has 0 unspecified atom stereocenters. The molecule has 1 amide bonds. The lowest BCUT2D eigenvalue weighted by Crippen LogP contribution is -2.42. The van der Waals surface area contributed by atoms with E-state index < -0.39 is 0 Å². The summed E-state index contributed by atoms with van der Waals surface area (Å²) in [7, 11) is 0. The Bertz CT molecular complexity index is 791. The van der Waals surface area contributed by atoms with Crippen LogP contribution in [0.5, 0.6) is 0 Å². The number of nitrogens with zero attached hydrogens (tertiary/aromatic N) is 1. The SMILES string of the molecule is CCNC(=NCC1(c2ccccc2Br)CC1)NCCNC(=O)c1ccco1.I. The number of carbonyl (C=O) groups excluding carboxylic acids is 1. The van der Waals surface area contributed by atoms with E-state index in [9.17, 15) is 4.79 Å². The average Bonchev–Trinajstić information content (AvgIpc) is 3.25. The van der Waals surface area contributed by atoms with Gasteiger partial charge in [-0.1, -0.05) is 34.1 Å². The molecule has 1 aliphatic rings. The first-order valence-electron chi connectivity index (χ1n) is 9.23. The van der Waals surface area contributed by atoms with Crippen LogP contribution in [0, 0.1) is 0 Å². The predicted octanol–water partition coefficient (Wildman–Crippen LogP) is 3.68. The van der Waals surface area contributed by atoms with Gasteiger partial charge in [-0.3, -0.25) is 9.79 Å². The monoisotopic (exact) mass is 560 g/mol. The zero-order chi connectivity index (χ0) is 19.1. The molecule has 0 radical (unpaired) electrons. The van der Waals surface area contributed by atoms with Crippen molar-refractivity contribution in [3.05, 3.63) is 58.5 Å². The van der Waals surface area contributed by atoms with Crippen LogP contribution in [0.15, 0.2) is 56.5 Å². The van der Waals surface area contributed by atoms with Crippen LogP contribution in [0.25, 0.3) is 0 Å². The van der Waals surface area contributed by atoms with Crippen LogP contribution in [0.2, 0.25) is 0 Å². The minimum atomic E-state index is -0.213. The van der Waals surface area contributed by atoms with E-state index in [1.807, 2.05) is 13.0 Å². The van der Waals surface area contributed by atoms with Crippen LogP contribution in [0.1, 0.15) is 35.9 Å². The number of hydrogen-bond acceptors (Lipinski definition) is 3. The van der Waals surface area contributed by atoms with Crippen LogP contribution >= 0.6 is 39.9 Å². The Morgan fingerprint density at radius 1 is 1.14 bits per heavy atom. The Morgan fingerprint density at radius 2 is 1.89 bits per heavy atom. The zero-order valence-corrected chi connectivity index (χ0v) is 19.8. The maximum absolute atomic E-state index is 11.8. The normalized spacial score (nSPS) is 14.7. The van der Waals surface area contributed by atoms with Crippen LogP contribution in [-0.2, 0) is 5.41 Å². The fraction of sp³-hybridized carbons (Fsp3) is 0.400. The maximum Gasteiger partial charge on any atom is 0.287 e. The maximum atomic E-state index is 11.8. The van der Waals surface area contributed by atoms with Gasteiger partial charge in [0.25, 0.3) is 5.91 Å². The highest BCUT2D eigenvalue weighted by Crippen LogP contribution is 2.50. The minimum absolute atomic E-state index is 0. The van der Waals surface area contributed by atoms with E-state index in [4.69, 9.17) is 9.41 Å². The second kappa shape index (κ2) is 10.8. The van der Waals surface area contributed by atoms with Gasteiger partial charge < -0.3 is 20.4 Å². The Balaban J connectivity index is 0.00000280. The van der Waals surface area contributed by atoms with E-state index in [0.717, 1.165) is 36.4 Å². The van der Waals surface area contributed by atoms with E-state index in [1.165, 1.54) is 11.8 Å². The Hall–Kier alpha value is -1.55. The average molecular weight is 561 g/mol. The van der Waals surface area contributed by atoms with E-state index in [2.05, 4.69) is 50.1 Å². The summed E-state index contributed by atoms with van der Waals surface area (Å²) in [6.07, 6.45) is 3.79. The summed E-state index contributed by atoms with van der Waals surface area (Å²) >= 11 is 3.66. The number of amides is 1. The van der Waals surface area contributed by atoms with Gasteiger partial charge in [0.05, 0.1) is 12.8 Å². The van der Waals surface area contributed by atoms with Crippen molar-refractivity contribution < 1.29 is 9.21 Å². The van der Waals surface area contributed by atoms with E-state index in [-0.39, 0.29) is 35.3 Å². The van der Waals surface area contributed by atoms with Gasteiger partial charge in [-0.15, -0.1) is 24.0 Å². The molecule has 0 atom stereocenters. The van der Waals surface area contributed by atoms with E-state index in [0.29, 0.717) is 18.8 Å². The molecule has 1 aliphatic carbocycles. The number of guanidine groups is 1. The summed E-state index contributed by atoms with van der Waals surface area (Å²) in [6.45, 7) is 4.63. The molecule has 1 fully saturated rings. The molecule has 1 saturated carbocycles. The van der Waals surface area contributed by atoms with Gasteiger partial charge in [-0.05, 0) is 43.5 Å². The smallest absolute Gasteiger partial charge is 0.287 e. The summed E-state index contributed by atoms with van der Waals surface area (Å²) in [4.78, 5) is 16.6. The Morgan fingerprint density at radius 3 is 2.54 bits per heavy atom. The molecule has 28 heavy (non-hydrogen) atoms. The molecule has 8 heteroatoms. The molecular formula is C20H26BrIN4O2. The second-order valence-electron chi connectivity index (χ2n) is 6.62. The molecule has 6 nitrogen and oxygen atoms in total. The van der Waals surface area contributed by atoms with Crippen molar-refractivity contribution in [2.75, 3.05) is 26.2 Å². The molecule has 152 valence electrons. The number of rotatable bonds is 8. The highest BCUT2D eigenvalue weighted by molar-refractivity contribution is 14.0. The van der Waals surface area contributed by atoms with Crippen molar-refractivity contribution in [2.24, 2.45) is 4.99 Å². The van der Waals surface area contributed by atoms with Crippen LogP contribution in [-0.4, -0.2) is 38.0 Å². The summed E-state index contributed by atoms with van der Waals surface area (Å²) in [5, 5.41) is 9.35. The third-order valence-corrected chi connectivity index (χ3v) is 5.32. The van der Waals surface area contributed by atoms with Gasteiger partial charge in [0.15, 0.2) is 11.7 Å². The first-order chi connectivity index (χ1) is 13.1. The standard InChI is InChI=1S/C20H25BrN4O2.HI/c1-2-22-19(24-12-11-23-18(26)17-8-5-13-27-17)25-14-20(9-10-20)15-6-3-4-7-16(15)21;/h3-8,13H,2,9-12,14H2,1H3,(H,23,26)(H2,22,24,25);1H. The first-order valence-corrected chi connectivity index (χ1v) is 10.0. The van der Waals surface area contributed by atoms with Crippen molar-refractivity contribution in [1.82, 2.24) is 16.0 Å². The lowest BCUT2D eigenvalue weighted by atomic mass is 9.96. The third-order valence-electron chi connectivity index (χ3n) is 4.63. The summed E-state index contributed by atoms with van der Waals surface area (Å²) in [5.74, 6) is 0.873. The van der Waals surface area contributed by atoms with Gasteiger partial charge in [0.2, 0.25) is 0 Å². The summed E-state index contributed by atoms with van der Waals surface area (Å²) < 4.78 is 6.22. The Kier molecular flexibility index (Phi) is 8.81. The molecule has 0 spiro atoms. The van der Waals surface area contributed by atoms with Crippen molar-refractivity contribution in [3.63, 3.8) is 0 Å². The fourth-order valence-corrected chi connectivity index (χ4v) is 3.68. The second-order valence-corrected chi connectivity index (χ2v) is 7.47. The summed E-state index contributed by atoms with van der Waals surface area (Å²) in [6, 6.07) is 11.7. The number of carbonyl (C=O) groups is 1. The third kappa shape index (κ3) is 5.97. The minimum Gasteiger partial charge on any atom is -0.459 e. The molecule has 0 bridgehead atoms. The predicted molar refractivity (Wildman–Crippen MR) is 125 cm³/mol. The van der Waals surface area contributed by atoms with Crippen molar-refractivity contribution in [1.29, 1.82) is 0 Å². The zero-order valence-electron chi connectivity index (χ0n) is 15.8. The number of nitrogens with one attached hydrogen (secondary N) is 3. The molecule has 3 rings (SSSR count). The largest absolute Gasteiger partial charge is 0.459 e.